The lowest BCUT2D eigenvalue weighted by Gasteiger charge is -2.26. The maximum Gasteiger partial charge on any atom is 0.244 e. The van der Waals surface area contributed by atoms with Crippen LogP contribution in [0.5, 0.6) is 0 Å². The van der Waals surface area contributed by atoms with Crippen molar-refractivity contribution in [1.82, 2.24) is 4.31 Å². The Morgan fingerprint density at radius 3 is 2.42 bits per heavy atom. The number of hydrogen-bond acceptors (Lipinski definition) is 3. The van der Waals surface area contributed by atoms with E-state index in [4.69, 9.17) is 11.6 Å². The average molecular weight is 324 g/mol. The van der Waals surface area contributed by atoms with E-state index in [0.29, 0.717) is 10.8 Å². The van der Waals surface area contributed by atoms with Crippen molar-refractivity contribution in [1.29, 1.82) is 0 Å². The molecule has 1 atom stereocenters. The van der Waals surface area contributed by atoms with Crippen molar-refractivity contribution in [2.45, 2.75) is 50.9 Å². The third-order valence-corrected chi connectivity index (χ3v) is 7.04. The topological polar surface area (TPSA) is 37.4 Å². The fourth-order valence-corrected chi connectivity index (χ4v) is 5.52. The minimum atomic E-state index is -3.45. The van der Waals surface area contributed by atoms with Crippen LogP contribution in [0.25, 0.3) is 0 Å². The predicted octanol–water partition coefficient (Wildman–Crippen LogP) is 3.85. The van der Waals surface area contributed by atoms with Crippen LogP contribution in [-0.2, 0) is 15.9 Å². The largest absolute Gasteiger partial charge is 0.244 e. The third-order valence-electron chi connectivity index (χ3n) is 3.18. The number of hydrogen-bond donors (Lipinski definition) is 0. The second-order valence-electron chi connectivity index (χ2n) is 5.30. The lowest BCUT2D eigenvalue weighted by atomic mass is 10.1. The van der Waals surface area contributed by atoms with E-state index in [-0.39, 0.29) is 11.9 Å². The van der Waals surface area contributed by atoms with E-state index in [1.165, 1.54) is 15.6 Å². The van der Waals surface area contributed by atoms with Crippen LogP contribution in [0.15, 0.2) is 10.3 Å². The van der Waals surface area contributed by atoms with Gasteiger partial charge in [-0.25, -0.2) is 8.42 Å². The Kier molecular flexibility index (Phi) is 5.86. The summed E-state index contributed by atoms with van der Waals surface area (Å²) in [7, 11) is -1.80. The first-order valence-electron chi connectivity index (χ1n) is 6.32. The van der Waals surface area contributed by atoms with Gasteiger partial charge in [-0.1, -0.05) is 13.8 Å². The lowest BCUT2D eigenvalue weighted by Crippen LogP contribution is -2.36. The van der Waals surface area contributed by atoms with Crippen LogP contribution in [-0.4, -0.2) is 25.8 Å². The van der Waals surface area contributed by atoms with Gasteiger partial charge < -0.3 is 0 Å². The molecule has 0 aromatic carbocycles. The molecule has 0 N–H and O–H groups in total. The zero-order chi connectivity index (χ0) is 14.8. The second kappa shape index (κ2) is 6.57. The van der Waals surface area contributed by atoms with Crippen molar-refractivity contribution in [3.05, 3.63) is 15.8 Å². The Bertz CT molecular complexity index is 523. The molecule has 3 nitrogen and oxygen atoms in total. The summed E-state index contributed by atoms with van der Waals surface area (Å²) in [6, 6.07) is -0.0209. The van der Waals surface area contributed by atoms with Gasteiger partial charge >= 0.3 is 0 Å². The molecule has 0 saturated heterocycles. The second-order valence-corrected chi connectivity index (χ2v) is 8.47. The number of aryl methyl sites for hydroxylation is 1. The highest BCUT2D eigenvalue weighted by atomic mass is 35.5. The molecule has 0 bridgehead atoms. The Balaban J connectivity index is 3.13. The van der Waals surface area contributed by atoms with E-state index in [1.54, 1.807) is 7.05 Å². The molecule has 0 aliphatic rings. The number of alkyl halides is 1. The smallest absolute Gasteiger partial charge is 0.207 e. The summed E-state index contributed by atoms with van der Waals surface area (Å²) < 4.78 is 26.9. The van der Waals surface area contributed by atoms with Gasteiger partial charge in [0.2, 0.25) is 10.0 Å². The maximum absolute atomic E-state index is 12.7. The number of thiophene rings is 1. The Hall–Kier alpha value is -0.100. The summed E-state index contributed by atoms with van der Waals surface area (Å²) in [5, 5.41) is 1.85. The molecule has 0 aliphatic heterocycles. The predicted molar refractivity (Wildman–Crippen MR) is 82.5 cm³/mol. The van der Waals surface area contributed by atoms with E-state index < -0.39 is 10.0 Å². The van der Waals surface area contributed by atoms with Crippen LogP contribution in [0.1, 0.15) is 37.6 Å². The van der Waals surface area contributed by atoms with Crippen molar-refractivity contribution in [2.24, 2.45) is 5.92 Å². The fraction of sp³-hybridized carbons (Fsp3) is 0.692. The third kappa shape index (κ3) is 3.72. The fourth-order valence-electron chi connectivity index (χ4n) is 2.14. The van der Waals surface area contributed by atoms with Crippen molar-refractivity contribution in [2.75, 3.05) is 7.05 Å². The van der Waals surface area contributed by atoms with Gasteiger partial charge in [-0.3, -0.25) is 0 Å². The monoisotopic (exact) mass is 323 g/mol. The summed E-state index contributed by atoms with van der Waals surface area (Å²) >= 11 is 7.26. The van der Waals surface area contributed by atoms with E-state index in [0.717, 1.165) is 16.9 Å². The van der Waals surface area contributed by atoms with E-state index in [9.17, 15) is 8.42 Å². The minimum Gasteiger partial charge on any atom is -0.207 e. The average Bonchev–Trinajstić information content (AvgIpc) is 2.68. The van der Waals surface area contributed by atoms with Gasteiger partial charge in [-0.15, -0.1) is 22.9 Å². The highest BCUT2D eigenvalue weighted by molar-refractivity contribution is 7.89. The van der Waals surface area contributed by atoms with Gasteiger partial charge in [-0.05, 0) is 37.1 Å². The minimum absolute atomic E-state index is 0.0209. The van der Waals surface area contributed by atoms with Gasteiger partial charge in [0.1, 0.15) is 4.90 Å². The summed E-state index contributed by atoms with van der Waals surface area (Å²) in [4.78, 5) is 1.12. The summed E-state index contributed by atoms with van der Waals surface area (Å²) in [5.41, 5.74) is 0.782. The molecule has 1 aromatic heterocycles. The van der Waals surface area contributed by atoms with Crippen molar-refractivity contribution in [3.63, 3.8) is 0 Å². The first-order chi connectivity index (χ1) is 8.71. The standard InChI is InChI=1S/C13H22ClNO2S2/c1-9(2)6-11(4)15(5)19(16,17)13-10(3)8-18-12(13)7-14/h8-9,11H,6-7H2,1-5H3. The van der Waals surface area contributed by atoms with Crippen LogP contribution in [0.2, 0.25) is 0 Å². The van der Waals surface area contributed by atoms with Gasteiger partial charge in [0.25, 0.3) is 0 Å². The van der Waals surface area contributed by atoms with Gasteiger partial charge in [0.05, 0.1) is 5.88 Å². The van der Waals surface area contributed by atoms with Crippen LogP contribution in [0.4, 0.5) is 0 Å². The molecule has 19 heavy (non-hydrogen) atoms. The van der Waals surface area contributed by atoms with Crippen molar-refractivity contribution >= 4 is 33.0 Å². The maximum atomic E-state index is 12.7. The first kappa shape index (κ1) is 17.0. The van der Waals surface area contributed by atoms with Gasteiger partial charge in [-0.2, -0.15) is 4.31 Å². The SMILES string of the molecule is Cc1csc(CCl)c1S(=O)(=O)N(C)C(C)CC(C)C. The first-order valence-corrected chi connectivity index (χ1v) is 9.18. The van der Waals surface area contributed by atoms with E-state index in [1.807, 2.05) is 19.2 Å². The number of halogens is 1. The normalized spacial score (nSPS) is 14.3. The summed E-state index contributed by atoms with van der Waals surface area (Å²) in [5.74, 6) is 0.697. The van der Waals surface area contributed by atoms with Gasteiger partial charge in [0, 0.05) is 18.0 Å². The molecular weight excluding hydrogens is 302 g/mol. The van der Waals surface area contributed by atoms with Crippen molar-refractivity contribution < 1.29 is 8.42 Å². The Labute approximate surface area is 125 Å². The van der Waals surface area contributed by atoms with Gasteiger partial charge in [0.15, 0.2) is 0 Å². The highest BCUT2D eigenvalue weighted by Gasteiger charge is 2.30. The molecule has 0 amide bonds. The Morgan fingerprint density at radius 2 is 1.95 bits per heavy atom. The number of rotatable bonds is 6. The molecule has 0 aliphatic carbocycles. The molecule has 1 aromatic rings. The quantitative estimate of drug-likeness (QED) is 0.746. The Morgan fingerprint density at radius 1 is 1.37 bits per heavy atom. The molecule has 0 saturated carbocycles. The zero-order valence-electron chi connectivity index (χ0n) is 12.1. The van der Waals surface area contributed by atoms with Crippen LogP contribution in [0.3, 0.4) is 0 Å². The number of nitrogens with zero attached hydrogens (tertiary/aromatic N) is 1. The molecule has 6 heteroatoms. The number of sulfonamides is 1. The van der Waals surface area contributed by atoms with Crippen molar-refractivity contribution in [3.8, 4) is 0 Å². The molecule has 0 radical (unpaired) electrons. The van der Waals surface area contributed by atoms with E-state index >= 15 is 0 Å². The molecular formula is C13H22ClNO2S2. The summed E-state index contributed by atoms with van der Waals surface area (Å²) in [6.45, 7) is 7.95. The zero-order valence-corrected chi connectivity index (χ0v) is 14.5. The molecule has 110 valence electrons. The summed E-state index contributed by atoms with van der Waals surface area (Å²) in [6.07, 6.45) is 0.842. The molecule has 0 spiro atoms. The molecule has 0 fully saturated rings. The molecule has 1 heterocycles. The molecule has 1 unspecified atom stereocenters. The lowest BCUT2D eigenvalue weighted by molar-refractivity contribution is 0.337. The van der Waals surface area contributed by atoms with Crippen LogP contribution < -0.4 is 0 Å². The molecule has 1 rings (SSSR count). The van der Waals surface area contributed by atoms with Crippen LogP contribution >= 0.6 is 22.9 Å². The van der Waals surface area contributed by atoms with E-state index in [2.05, 4.69) is 13.8 Å². The highest BCUT2D eigenvalue weighted by Crippen LogP contribution is 2.31. The van der Waals surface area contributed by atoms with Crippen LogP contribution in [0, 0.1) is 12.8 Å².